The Labute approximate surface area is 98.6 Å². The van der Waals surface area contributed by atoms with Gasteiger partial charge >= 0.3 is 6.18 Å². The number of ether oxygens (including phenoxy) is 1. The molecule has 0 aliphatic heterocycles. The fourth-order valence-electron chi connectivity index (χ4n) is 1.35. The van der Waals surface area contributed by atoms with E-state index in [1.165, 1.54) is 0 Å². The smallest absolute Gasteiger partial charge is 0.389 e. The van der Waals surface area contributed by atoms with Crippen molar-refractivity contribution in [2.24, 2.45) is 0 Å². The van der Waals surface area contributed by atoms with Crippen LogP contribution in [-0.4, -0.2) is 19.4 Å². The van der Waals surface area contributed by atoms with Gasteiger partial charge in [0.15, 0.2) is 0 Å². The zero-order valence-electron chi connectivity index (χ0n) is 9.46. The van der Waals surface area contributed by atoms with Crippen LogP contribution in [0.3, 0.4) is 0 Å². The van der Waals surface area contributed by atoms with Gasteiger partial charge in [-0.3, -0.25) is 0 Å². The third-order valence-corrected chi connectivity index (χ3v) is 2.26. The molecule has 1 aromatic carbocycles. The Bertz CT molecular complexity index is 322. The second kappa shape index (κ2) is 6.49. The summed E-state index contributed by atoms with van der Waals surface area (Å²) in [6.45, 7) is 0.580. The highest BCUT2D eigenvalue weighted by Crippen LogP contribution is 2.21. The van der Waals surface area contributed by atoms with E-state index in [9.17, 15) is 13.2 Å². The Hall–Kier alpha value is -1.23. The molecule has 0 amide bonds. The minimum Gasteiger partial charge on any atom is -0.399 e. The van der Waals surface area contributed by atoms with Crippen LogP contribution in [-0.2, 0) is 11.2 Å². The Morgan fingerprint density at radius 1 is 1.06 bits per heavy atom. The summed E-state index contributed by atoms with van der Waals surface area (Å²) in [5, 5.41) is 0. The summed E-state index contributed by atoms with van der Waals surface area (Å²) >= 11 is 0. The zero-order valence-corrected chi connectivity index (χ0v) is 9.46. The average molecular weight is 247 g/mol. The van der Waals surface area contributed by atoms with Crippen molar-refractivity contribution in [1.82, 2.24) is 0 Å². The van der Waals surface area contributed by atoms with Crippen molar-refractivity contribution in [3.63, 3.8) is 0 Å². The highest BCUT2D eigenvalue weighted by atomic mass is 19.4. The molecule has 0 fully saturated rings. The van der Waals surface area contributed by atoms with Crippen molar-refractivity contribution in [2.45, 2.75) is 25.4 Å². The highest BCUT2D eigenvalue weighted by Gasteiger charge is 2.25. The first-order valence-corrected chi connectivity index (χ1v) is 5.46. The summed E-state index contributed by atoms with van der Waals surface area (Å²) in [5.74, 6) is 0. The van der Waals surface area contributed by atoms with E-state index in [1.54, 1.807) is 12.1 Å². The monoisotopic (exact) mass is 247 g/mol. The molecule has 2 nitrogen and oxygen atoms in total. The van der Waals surface area contributed by atoms with Crippen molar-refractivity contribution >= 4 is 5.69 Å². The van der Waals surface area contributed by atoms with Crippen molar-refractivity contribution < 1.29 is 17.9 Å². The number of benzene rings is 1. The molecule has 0 aromatic heterocycles. The van der Waals surface area contributed by atoms with Crippen LogP contribution < -0.4 is 5.73 Å². The topological polar surface area (TPSA) is 35.2 Å². The van der Waals surface area contributed by atoms with E-state index in [1.807, 2.05) is 12.1 Å². The lowest BCUT2D eigenvalue weighted by atomic mass is 10.1. The number of rotatable bonds is 6. The normalized spacial score (nSPS) is 11.7. The van der Waals surface area contributed by atoms with Crippen LogP contribution in [0.1, 0.15) is 18.4 Å². The van der Waals surface area contributed by atoms with E-state index in [0.717, 1.165) is 5.56 Å². The van der Waals surface area contributed by atoms with Crippen LogP contribution in [0, 0.1) is 0 Å². The van der Waals surface area contributed by atoms with Crippen molar-refractivity contribution in [1.29, 1.82) is 0 Å². The molecule has 0 unspecified atom stereocenters. The summed E-state index contributed by atoms with van der Waals surface area (Å²) in [6.07, 6.45) is -4.16. The summed E-state index contributed by atoms with van der Waals surface area (Å²) in [6, 6.07) is 7.35. The molecule has 2 N–H and O–H groups in total. The quantitative estimate of drug-likeness (QED) is 0.619. The van der Waals surface area contributed by atoms with Crippen LogP contribution in [0.25, 0.3) is 0 Å². The van der Waals surface area contributed by atoms with Crippen LogP contribution in [0.4, 0.5) is 18.9 Å². The molecule has 5 heteroatoms. The summed E-state index contributed by atoms with van der Waals surface area (Å²) in [4.78, 5) is 0. The Balaban J connectivity index is 2.07. The van der Waals surface area contributed by atoms with E-state index in [4.69, 9.17) is 10.5 Å². The lowest BCUT2D eigenvalue weighted by Gasteiger charge is -2.07. The molecule has 0 radical (unpaired) electrons. The molecule has 0 saturated heterocycles. The van der Waals surface area contributed by atoms with Crippen LogP contribution in [0.15, 0.2) is 24.3 Å². The van der Waals surface area contributed by atoms with Crippen molar-refractivity contribution in [3.05, 3.63) is 29.8 Å². The third-order valence-electron chi connectivity index (χ3n) is 2.26. The average Bonchev–Trinajstić information content (AvgIpc) is 2.24. The van der Waals surface area contributed by atoms with Crippen molar-refractivity contribution in [3.8, 4) is 0 Å². The molecule has 0 spiro atoms. The SMILES string of the molecule is Nc1ccc(CCOCCCC(F)(F)F)cc1. The first-order chi connectivity index (χ1) is 7.97. The molecular weight excluding hydrogens is 231 g/mol. The Kier molecular flexibility index (Phi) is 5.28. The second-order valence-electron chi connectivity index (χ2n) is 3.82. The highest BCUT2D eigenvalue weighted by molar-refractivity contribution is 5.39. The molecule has 0 atom stereocenters. The predicted octanol–water partition coefficient (Wildman–Crippen LogP) is 3.17. The molecule has 17 heavy (non-hydrogen) atoms. The molecule has 0 aliphatic rings. The van der Waals surface area contributed by atoms with Gasteiger partial charge < -0.3 is 10.5 Å². The molecule has 0 heterocycles. The number of alkyl halides is 3. The lowest BCUT2D eigenvalue weighted by Crippen LogP contribution is -2.09. The minimum atomic E-state index is -4.08. The Morgan fingerprint density at radius 2 is 1.71 bits per heavy atom. The number of nitrogens with two attached hydrogens (primary N) is 1. The molecule has 0 bridgehead atoms. The first kappa shape index (κ1) is 13.8. The number of halogens is 3. The van der Waals surface area contributed by atoms with E-state index in [-0.39, 0.29) is 13.0 Å². The summed E-state index contributed by atoms with van der Waals surface area (Å²) in [7, 11) is 0. The van der Waals surface area contributed by atoms with Crippen LogP contribution in [0.2, 0.25) is 0 Å². The molecule has 0 saturated carbocycles. The molecular formula is C12H16F3NO. The van der Waals surface area contributed by atoms with E-state index in [2.05, 4.69) is 0 Å². The number of nitrogen functional groups attached to an aromatic ring is 1. The van der Waals surface area contributed by atoms with Crippen molar-refractivity contribution in [2.75, 3.05) is 18.9 Å². The first-order valence-electron chi connectivity index (χ1n) is 5.46. The molecule has 1 aromatic rings. The van der Waals surface area contributed by atoms with E-state index < -0.39 is 12.6 Å². The van der Waals surface area contributed by atoms with Gasteiger partial charge in [-0.2, -0.15) is 13.2 Å². The van der Waals surface area contributed by atoms with Gasteiger partial charge in [0.05, 0.1) is 6.61 Å². The van der Waals surface area contributed by atoms with Gasteiger partial charge in [-0.25, -0.2) is 0 Å². The van der Waals surface area contributed by atoms with Gasteiger partial charge in [0.1, 0.15) is 0 Å². The zero-order chi connectivity index (χ0) is 12.7. The predicted molar refractivity (Wildman–Crippen MR) is 60.7 cm³/mol. The summed E-state index contributed by atoms with van der Waals surface area (Å²) in [5.41, 5.74) is 7.28. The van der Waals surface area contributed by atoms with Gasteiger partial charge in [0.2, 0.25) is 0 Å². The number of anilines is 1. The number of hydrogen-bond donors (Lipinski definition) is 1. The summed E-state index contributed by atoms with van der Waals surface area (Å²) < 4.78 is 40.5. The maximum absolute atomic E-state index is 11.8. The number of hydrogen-bond acceptors (Lipinski definition) is 2. The third kappa shape index (κ3) is 6.84. The fourth-order valence-corrected chi connectivity index (χ4v) is 1.35. The van der Waals surface area contributed by atoms with Crippen LogP contribution >= 0.6 is 0 Å². The van der Waals surface area contributed by atoms with Gasteiger partial charge in [-0.15, -0.1) is 0 Å². The maximum atomic E-state index is 11.8. The molecule has 0 aliphatic carbocycles. The molecule has 96 valence electrons. The van der Waals surface area contributed by atoms with Gasteiger partial charge in [-0.05, 0) is 30.5 Å². The van der Waals surface area contributed by atoms with E-state index >= 15 is 0 Å². The fraction of sp³-hybridized carbons (Fsp3) is 0.500. The second-order valence-corrected chi connectivity index (χ2v) is 3.82. The maximum Gasteiger partial charge on any atom is 0.389 e. The van der Waals surface area contributed by atoms with Gasteiger partial charge in [-0.1, -0.05) is 12.1 Å². The van der Waals surface area contributed by atoms with Crippen LogP contribution in [0.5, 0.6) is 0 Å². The Morgan fingerprint density at radius 3 is 2.29 bits per heavy atom. The van der Waals surface area contributed by atoms with Gasteiger partial charge in [0.25, 0.3) is 0 Å². The van der Waals surface area contributed by atoms with E-state index in [0.29, 0.717) is 18.7 Å². The lowest BCUT2D eigenvalue weighted by molar-refractivity contribution is -0.137. The largest absolute Gasteiger partial charge is 0.399 e. The minimum absolute atomic E-state index is 0.0191. The van der Waals surface area contributed by atoms with Gasteiger partial charge in [0, 0.05) is 18.7 Å². The molecule has 1 rings (SSSR count). The standard InChI is InChI=1S/C12H16F3NO/c13-12(14,15)7-1-8-17-9-6-10-2-4-11(16)5-3-10/h2-5H,1,6-9,16H2.